The number of halogens is 1. The zero-order valence-corrected chi connectivity index (χ0v) is 12.2. The van der Waals surface area contributed by atoms with E-state index in [1.165, 1.54) is 7.11 Å². The summed E-state index contributed by atoms with van der Waals surface area (Å²) in [4.78, 5) is 11.9. The summed E-state index contributed by atoms with van der Waals surface area (Å²) in [6, 6.07) is 7.78. The molecule has 0 aliphatic heterocycles. The second-order valence-corrected chi connectivity index (χ2v) is 5.04. The Bertz CT molecular complexity index is 402. The van der Waals surface area contributed by atoms with E-state index >= 15 is 0 Å². The molecule has 0 aliphatic carbocycles. The highest BCUT2D eigenvalue weighted by Crippen LogP contribution is 2.23. The highest BCUT2D eigenvalue weighted by molar-refractivity contribution is 14.1. The van der Waals surface area contributed by atoms with Crippen LogP contribution in [0.1, 0.15) is 12.5 Å². The van der Waals surface area contributed by atoms with Gasteiger partial charge in [0.15, 0.2) is 0 Å². The Morgan fingerprint density at radius 2 is 2.12 bits per heavy atom. The molecule has 3 nitrogen and oxygen atoms in total. The Labute approximate surface area is 115 Å². The van der Waals surface area contributed by atoms with Crippen molar-refractivity contribution in [3.63, 3.8) is 0 Å². The van der Waals surface area contributed by atoms with Crippen LogP contribution in [0, 0.1) is 3.57 Å². The number of hydrogen-bond acceptors (Lipinski definition) is 3. The Hall–Kier alpha value is -0.880. The molecule has 1 atom stereocenters. The van der Waals surface area contributed by atoms with Gasteiger partial charge >= 0.3 is 5.97 Å². The summed E-state index contributed by atoms with van der Waals surface area (Å²) >= 11 is 2.23. The number of nitrogens with one attached hydrogen (secondary N) is 1. The first-order valence-corrected chi connectivity index (χ1v) is 6.33. The van der Waals surface area contributed by atoms with Crippen molar-refractivity contribution in [3.05, 3.63) is 46.1 Å². The number of carbonyl (C=O) groups is 1. The number of ether oxygens (including phenoxy) is 1. The molecule has 0 aromatic heterocycles. The minimum absolute atomic E-state index is 0.305. The maximum atomic E-state index is 11.9. The highest BCUT2D eigenvalue weighted by atomic mass is 127. The van der Waals surface area contributed by atoms with E-state index in [1.54, 1.807) is 6.08 Å². The van der Waals surface area contributed by atoms with Crippen LogP contribution in [0.15, 0.2) is 36.9 Å². The Balaban J connectivity index is 3.08. The number of hydrogen-bond donors (Lipinski definition) is 1. The zero-order chi connectivity index (χ0) is 12.9. The first-order valence-electron chi connectivity index (χ1n) is 5.25. The third-order valence-electron chi connectivity index (χ3n) is 2.62. The van der Waals surface area contributed by atoms with Crippen LogP contribution in [0.2, 0.25) is 0 Å². The standard InChI is InChI=1S/C13H16INO2/c1-4-9-15-13(2,12(16)17-3)10-5-7-11(14)8-6-10/h4-8,15H,1,9H2,2-3H3. The zero-order valence-electron chi connectivity index (χ0n) is 10.00. The lowest BCUT2D eigenvalue weighted by Crippen LogP contribution is -2.47. The van der Waals surface area contributed by atoms with Gasteiger partial charge < -0.3 is 4.74 Å². The fourth-order valence-electron chi connectivity index (χ4n) is 1.56. The molecule has 1 unspecified atom stereocenters. The second-order valence-electron chi connectivity index (χ2n) is 3.79. The lowest BCUT2D eigenvalue weighted by Gasteiger charge is -2.28. The summed E-state index contributed by atoms with van der Waals surface area (Å²) in [6.45, 7) is 5.99. The molecular formula is C13H16INO2. The Kier molecular flexibility index (Phi) is 5.14. The van der Waals surface area contributed by atoms with Crippen LogP contribution in [-0.4, -0.2) is 19.6 Å². The molecule has 1 N–H and O–H groups in total. The highest BCUT2D eigenvalue weighted by Gasteiger charge is 2.35. The third-order valence-corrected chi connectivity index (χ3v) is 3.33. The molecule has 1 aromatic carbocycles. The normalized spacial score (nSPS) is 13.8. The molecule has 17 heavy (non-hydrogen) atoms. The molecular weight excluding hydrogens is 329 g/mol. The van der Waals surface area contributed by atoms with E-state index in [4.69, 9.17) is 4.74 Å². The average Bonchev–Trinajstić information content (AvgIpc) is 2.35. The van der Waals surface area contributed by atoms with Crippen molar-refractivity contribution in [2.45, 2.75) is 12.5 Å². The lowest BCUT2D eigenvalue weighted by molar-refractivity contribution is -0.148. The molecule has 0 radical (unpaired) electrons. The molecule has 0 fully saturated rings. The molecule has 0 spiro atoms. The smallest absolute Gasteiger partial charge is 0.330 e. The van der Waals surface area contributed by atoms with Crippen molar-refractivity contribution >= 4 is 28.6 Å². The van der Waals surface area contributed by atoms with Crippen molar-refractivity contribution in [1.82, 2.24) is 5.32 Å². The minimum atomic E-state index is -0.840. The van der Waals surface area contributed by atoms with Crippen molar-refractivity contribution in [3.8, 4) is 0 Å². The maximum Gasteiger partial charge on any atom is 0.330 e. The molecule has 1 aromatic rings. The van der Waals surface area contributed by atoms with Gasteiger partial charge in [-0.2, -0.15) is 0 Å². The van der Waals surface area contributed by atoms with Gasteiger partial charge in [-0.15, -0.1) is 6.58 Å². The molecule has 0 heterocycles. The summed E-state index contributed by atoms with van der Waals surface area (Å²) in [6.07, 6.45) is 1.72. The number of esters is 1. The van der Waals surface area contributed by atoms with Gasteiger partial charge in [0, 0.05) is 10.1 Å². The van der Waals surface area contributed by atoms with E-state index in [0.29, 0.717) is 6.54 Å². The molecule has 0 saturated carbocycles. The molecule has 0 saturated heterocycles. The Morgan fingerprint density at radius 1 is 1.53 bits per heavy atom. The largest absolute Gasteiger partial charge is 0.467 e. The number of carbonyl (C=O) groups excluding carboxylic acids is 1. The summed E-state index contributed by atoms with van der Waals surface area (Å²) in [5, 5.41) is 3.14. The van der Waals surface area contributed by atoms with E-state index in [1.807, 2.05) is 31.2 Å². The van der Waals surface area contributed by atoms with Crippen molar-refractivity contribution in [1.29, 1.82) is 0 Å². The molecule has 1 rings (SSSR count). The van der Waals surface area contributed by atoms with E-state index in [0.717, 1.165) is 9.13 Å². The van der Waals surface area contributed by atoms with E-state index < -0.39 is 5.54 Å². The van der Waals surface area contributed by atoms with E-state index in [-0.39, 0.29) is 5.97 Å². The lowest BCUT2D eigenvalue weighted by atomic mass is 9.92. The fraction of sp³-hybridized carbons (Fsp3) is 0.308. The fourth-order valence-corrected chi connectivity index (χ4v) is 1.92. The molecule has 92 valence electrons. The van der Waals surface area contributed by atoms with Gasteiger partial charge in [0.1, 0.15) is 5.54 Å². The monoisotopic (exact) mass is 345 g/mol. The van der Waals surface area contributed by atoms with E-state index in [9.17, 15) is 4.79 Å². The SMILES string of the molecule is C=CCNC(C)(C(=O)OC)c1ccc(I)cc1. The van der Waals surface area contributed by atoms with Crippen LogP contribution >= 0.6 is 22.6 Å². The average molecular weight is 345 g/mol. The van der Waals surface area contributed by atoms with Gasteiger partial charge in [0.05, 0.1) is 7.11 Å². The van der Waals surface area contributed by atoms with Crippen LogP contribution in [0.5, 0.6) is 0 Å². The van der Waals surface area contributed by atoms with Gasteiger partial charge in [0.2, 0.25) is 0 Å². The Morgan fingerprint density at radius 3 is 2.59 bits per heavy atom. The first kappa shape index (κ1) is 14.2. The third kappa shape index (κ3) is 3.29. The molecule has 0 amide bonds. The quantitative estimate of drug-likeness (QED) is 0.506. The number of benzene rings is 1. The van der Waals surface area contributed by atoms with Gasteiger partial charge in [-0.1, -0.05) is 18.2 Å². The summed E-state index contributed by atoms with van der Waals surface area (Å²) in [5.41, 5.74) is 0.0411. The topological polar surface area (TPSA) is 38.3 Å². The van der Waals surface area contributed by atoms with Crippen molar-refractivity contribution in [2.75, 3.05) is 13.7 Å². The predicted octanol–water partition coefficient (Wildman–Crippen LogP) is 2.46. The van der Waals surface area contributed by atoms with E-state index in [2.05, 4.69) is 34.5 Å². The molecule has 0 bridgehead atoms. The summed E-state index contributed by atoms with van der Waals surface area (Å²) < 4.78 is 5.99. The van der Waals surface area contributed by atoms with Crippen molar-refractivity contribution in [2.24, 2.45) is 0 Å². The van der Waals surface area contributed by atoms with Crippen LogP contribution in [0.3, 0.4) is 0 Å². The van der Waals surface area contributed by atoms with Gasteiger partial charge in [-0.05, 0) is 47.2 Å². The van der Waals surface area contributed by atoms with Crippen LogP contribution in [0.4, 0.5) is 0 Å². The maximum absolute atomic E-state index is 11.9. The number of methoxy groups -OCH3 is 1. The molecule has 4 heteroatoms. The van der Waals surface area contributed by atoms with Crippen LogP contribution < -0.4 is 5.32 Å². The van der Waals surface area contributed by atoms with Gasteiger partial charge in [-0.3, -0.25) is 5.32 Å². The molecule has 0 aliphatic rings. The summed E-state index contributed by atoms with van der Waals surface area (Å²) in [7, 11) is 1.39. The second kappa shape index (κ2) is 6.16. The van der Waals surface area contributed by atoms with Crippen LogP contribution in [-0.2, 0) is 15.1 Å². The van der Waals surface area contributed by atoms with Gasteiger partial charge in [0.25, 0.3) is 0 Å². The first-order chi connectivity index (χ1) is 8.04. The minimum Gasteiger partial charge on any atom is -0.467 e. The van der Waals surface area contributed by atoms with Gasteiger partial charge in [-0.25, -0.2) is 4.79 Å². The number of rotatable bonds is 5. The summed E-state index contributed by atoms with van der Waals surface area (Å²) in [5.74, 6) is -0.305. The predicted molar refractivity (Wildman–Crippen MR) is 76.7 cm³/mol. The van der Waals surface area contributed by atoms with Crippen molar-refractivity contribution < 1.29 is 9.53 Å². The van der Waals surface area contributed by atoms with Crippen LogP contribution in [0.25, 0.3) is 0 Å².